The van der Waals surface area contributed by atoms with Crippen LogP contribution in [0.15, 0.2) is 39.4 Å². The Morgan fingerprint density at radius 2 is 1.93 bits per heavy atom. The van der Waals surface area contributed by atoms with Crippen LogP contribution in [0, 0.1) is 6.92 Å². The van der Waals surface area contributed by atoms with E-state index in [1.807, 2.05) is 51.9 Å². The molecule has 0 saturated carbocycles. The highest BCUT2D eigenvalue weighted by Crippen LogP contribution is 2.26. The number of furan rings is 1. The lowest BCUT2D eigenvalue weighted by Gasteiger charge is -2.34. The third-order valence-electron chi connectivity index (χ3n) is 4.91. The summed E-state index contributed by atoms with van der Waals surface area (Å²) in [7, 11) is 1.88. The van der Waals surface area contributed by atoms with Gasteiger partial charge in [-0.2, -0.15) is 0 Å². The third kappa shape index (κ3) is 4.08. The molecule has 4 heterocycles. The Bertz CT molecular complexity index is 1000. The Labute approximate surface area is 176 Å². The fourth-order valence-corrected chi connectivity index (χ4v) is 4.73. The van der Waals surface area contributed by atoms with E-state index in [-0.39, 0.29) is 17.6 Å². The van der Waals surface area contributed by atoms with Crippen LogP contribution >= 0.6 is 23.1 Å². The van der Waals surface area contributed by atoms with Gasteiger partial charge in [0.2, 0.25) is 5.91 Å². The van der Waals surface area contributed by atoms with Gasteiger partial charge in [-0.25, -0.2) is 0 Å². The van der Waals surface area contributed by atoms with E-state index in [9.17, 15) is 9.59 Å². The van der Waals surface area contributed by atoms with Crippen molar-refractivity contribution in [1.82, 2.24) is 24.6 Å². The van der Waals surface area contributed by atoms with Gasteiger partial charge in [0.1, 0.15) is 5.76 Å². The van der Waals surface area contributed by atoms with Gasteiger partial charge in [-0.3, -0.25) is 9.59 Å². The van der Waals surface area contributed by atoms with E-state index in [2.05, 4.69) is 10.2 Å². The largest absolute Gasteiger partial charge is 0.469 e. The number of aromatic nitrogens is 3. The van der Waals surface area contributed by atoms with Gasteiger partial charge in [0.25, 0.3) is 5.91 Å². The first kappa shape index (κ1) is 19.7. The number of nitrogens with zero attached hydrogens (tertiary/aromatic N) is 5. The summed E-state index contributed by atoms with van der Waals surface area (Å²) in [6.45, 7) is 4.09. The Morgan fingerprint density at radius 1 is 1.17 bits per heavy atom. The molecule has 0 unspecified atom stereocenters. The summed E-state index contributed by atoms with van der Waals surface area (Å²) >= 11 is 2.81. The molecule has 0 bridgehead atoms. The second-order valence-corrected chi connectivity index (χ2v) is 8.58. The molecule has 1 aliphatic rings. The molecular weight excluding hydrogens is 410 g/mol. The van der Waals surface area contributed by atoms with Crippen LogP contribution in [0.4, 0.5) is 0 Å². The predicted octanol–water partition coefficient (Wildman–Crippen LogP) is 2.52. The first-order valence-corrected chi connectivity index (χ1v) is 11.1. The Kier molecular flexibility index (Phi) is 5.72. The van der Waals surface area contributed by atoms with Crippen molar-refractivity contribution in [2.45, 2.75) is 12.1 Å². The van der Waals surface area contributed by atoms with Gasteiger partial charge in [0.05, 0.1) is 22.5 Å². The van der Waals surface area contributed by atoms with Crippen LogP contribution in [0.5, 0.6) is 0 Å². The van der Waals surface area contributed by atoms with Crippen molar-refractivity contribution >= 4 is 34.9 Å². The third-order valence-corrected chi connectivity index (χ3v) is 6.77. The summed E-state index contributed by atoms with van der Waals surface area (Å²) < 4.78 is 7.20. The molecule has 0 N–H and O–H groups in total. The first-order chi connectivity index (χ1) is 14.0. The van der Waals surface area contributed by atoms with Gasteiger partial charge in [-0.15, -0.1) is 21.5 Å². The summed E-state index contributed by atoms with van der Waals surface area (Å²) in [6, 6.07) is 5.57. The van der Waals surface area contributed by atoms with Crippen LogP contribution in [0.2, 0.25) is 0 Å². The lowest BCUT2D eigenvalue weighted by Crippen LogP contribution is -2.51. The first-order valence-electron chi connectivity index (χ1n) is 9.22. The van der Waals surface area contributed by atoms with Crippen molar-refractivity contribution in [2.24, 2.45) is 7.05 Å². The number of carbonyl (C=O) groups excluding carboxylic acids is 2. The molecular formula is C19H21N5O3S2. The summed E-state index contributed by atoms with van der Waals surface area (Å²) in [5, 5.41) is 11.0. The topological polar surface area (TPSA) is 84.5 Å². The number of piperazine rings is 1. The molecule has 0 radical (unpaired) electrons. The maximum Gasteiger partial charge on any atom is 0.264 e. The van der Waals surface area contributed by atoms with Crippen LogP contribution in [-0.4, -0.2) is 68.3 Å². The van der Waals surface area contributed by atoms with E-state index >= 15 is 0 Å². The lowest BCUT2D eigenvalue weighted by atomic mass is 10.2. The molecule has 3 aromatic rings. The van der Waals surface area contributed by atoms with Crippen molar-refractivity contribution in [2.75, 3.05) is 31.9 Å². The molecule has 0 spiro atoms. The van der Waals surface area contributed by atoms with Gasteiger partial charge < -0.3 is 18.8 Å². The quantitative estimate of drug-likeness (QED) is 0.577. The highest BCUT2D eigenvalue weighted by atomic mass is 32.2. The number of aryl methyl sites for hydroxylation is 1. The SMILES string of the molecule is Cc1occc1-c1nnc(SCC(=O)N2CCN(C(=O)c3cccs3)CC2)n1C. The average Bonchev–Trinajstić information content (AvgIpc) is 3.48. The number of thioether (sulfide) groups is 1. The zero-order valence-corrected chi connectivity index (χ0v) is 17.8. The molecule has 10 heteroatoms. The predicted molar refractivity (Wildman–Crippen MR) is 111 cm³/mol. The number of rotatable bonds is 5. The zero-order chi connectivity index (χ0) is 20.4. The number of amides is 2. The van der Waals surface area contributed by atoms with Crippen LogP contribution in [-0.2, 0) is 11.8 Å². The summed E-state index contributed by atoms with van der Waals surface area (Å²) in [5.74, 6) is 1.87. The summed E-state index contributed by atoms with van der Waals surface area (Å²) in [5.41, 5.74) is 0.893. The molecule has 3 aromatic heterocycles. The molecule has 1 saturated heterocycles. The van der Waals surface area contributed by atoms with Gasteiger partial charge in [0.15, 0.2) is 11.0 Å². The van der Waals surface area contributed by atoms with Gasteiger partial charge >= 0.3 is 0 Å². The van der Waals surface area contributed by atoms with E-state index in [0.29, 0.717) is 37.2 Å². The smallest absolute Gasteiger partial charge is 0.264 e. The molecule has 29 heavy (non-hydrogen) atoms. The van der Waals surface area contributed by atoms with E-state index in [1.54, 1.807) is 6.26 Å². The lowest BCUT2D eigenvalue weighted by molar-refractivity contribution is -0.129. The minimum atomic E-state index is 0.0438. The number of carbonyl (C=O) groups is 2. The standard InChI is InChI=1S/C19H21N5O3S2/c1-13-14(5-10-27-13)17-20-21-19(22(17)2)29-12-16(25)23-6-8-24(9-7-23)18(26)15-4-3-11-28-15/h3-5,10-11H,6-9,12H2,1-2H3. The zero-order valence-electron chi connectivity index (χ0n) is 16.2. The molecule has 2 amide bonds. The maximum atomic E-state index is 12.6. The highest BCUT2D eigenvalue weighted by Gasteiger charge is 2.25. The number of hydrogen-bond acceptors (Lipinski definition) is 7. The van der Waals surface area contributed by atoms with Crippen LogP contribution < -0.4 is 0 Å². The summed E-state index contributed by atoms with van der Waals surface area (Å²) in [4.78, 5) is 29.4. The Balaban J connectivity index is 1.30. The molecule has 1 fully saturated rings. The molecule has 0 atom stereocenters. The average molecular weight is 432 g/mol. The van der Waals surface area contributed by atoms with E-state index in [0.717, 1.165) is 16.2 Å². The van der Waals surface area contributed by atoms with Gasteiger partial charge in [-0.05, 0) is 24.4 Å². The molecule has 1 aliphatic heterocycles. The number of thiophene rings is 1. The van der Waals surface area contributed by atoms with E-state index in [1.165, 1.54) is 23.1 Å². The maximum absolute atomic E-state index is 12.6. The minimum absolute atomic E-state index is 0.0438. The van der Waals surface area contributed by atoms with Crippen LogP contribution in [0.1, 0.15) is 15.4 Å². The monoisotopic (exact) mass is 431 g/mol. The fourth-order valence-electron chi connectivity index (χ4n) is 3.22. The molecule has 4 rings (SSSR count). The van der Waals surface area contributed by atoms with Crippen molar-refractivity contribution in [3.8, 4) is 11.4 Å². The fraction of sp³-hybridized carbons (Fsp3) is 0.368. The summed E-state index contributed by atoms with van der Waals surface area (Å²) in [6.07, 6.45) is 1.62. The second-order valence-electron chi connectivity index (χ2n) is 6.69. The Morgan fingerprint density at radius 3 is 2.59 bits per heavy atom. The van der Waals surface area contributed by atoms with Crippen molar-refractivity contribution in [3.05, 3.63) is 40.5 Å². The molecule has 0 aromatic carbocycles. The van der Waals surface area contributed by atoms with Crippen LogP contribution in [0.3, 0.4) is 0 Å². The van der Waals surface area contributed by atoms with E-state index in [4.69, 9.17) is 4.42 Å². The van der Waals surface area contributed by atoms with Crippen molar-refractivity contribution in [3.63, 3.8) is 0 Å². The highest BCUT2D eigenvalue weighted by molar-refractivity contribution is 7.99. The van der Waals surface area contributed by atoms with E-state index < -0.39 is 0 Å². The molecule has 8 nitrogen and oxygen atoms in total. The van der Waals surface area contributed by atoms with Crippen LogP contribution in [0.25, 0.3) is 11.4 Å². The second kappa shape index (κ2) is 8.42. The van der Waals surface area contributed by atoms with Crippen molar-refractivity contribution < 1.29 is 14.0 Å². The number of hydrogen-bond donors (Lipinski definition) is 0. The molecule has 152 valence electrons. The van der Waals surface area contributed by atoms with Gasteiger partial charge in [0, 0.05) is 33.2 Å². The minimum Gasteiger partial charge on any atom is -0.469 e. The molecule has 0 aliphatic carbocycles. The normalized spacial score (nSPS) is 14.4. The van der Waals surface area contributed by atoms with Gasteiger partial charge in [-0.1, -0.05) is 17.8 Å². The van der Waals surface area contributed by atoms with Crippen molar-refractivity contribution in [1.29, 1.82) is 0 Å². The Hall–Kier alpha value is -2.59.